The lowest BCUT2D eigenvalue weighted by Gasteiger charge is -2.31. The molecule has 1 aromatic rings. The zero-order valence-corrected chi connectivity index (χ0v) is 13.1. The molecule has 0 bridgehead atoms. The maximum Gasteiger partial charge on any atom is 0.422 e. The van der Waals surface area contributed by atoms with Gasteiger partial charge in [-0.3, -0.25) is 0 Å². The first kappa shape index (κ1) is 17.4. The zero-order chi connectivity index (χ0) is 16.9. The van der Waals surface area contributed by atoms with Crippen molar-refractivity contribution in [1.29, 1.82) is 0 Å². The monoisotopic (exact) mass is 329 g/mol. The molecule has 4 nitrogen and oxygen atoms in total. The fourth-order valence-electron chi connectivity index (χ4n) is 2.41. The van der Waals surface area contributed by atoms with Crippen molar-refractivity contribution in [2.24, 2.45) is 16.6 Å². The number of alkyl halides is 3. The van der Waals surface area contributed by atoms with Gasteiger partial charge < -0.3 is 15.4 Å². The molecule has 1 aromatic carbocycles. The van der Waals surface area contributed by atoms with Crippen molar-refractivity contribution < 1.29 is 17.9 Å². The van der Waals surface area contributed by atoms with E-state index in [1.165, 1.54) is 6.07 Å². The molecule has 0 spiro atoms. The fraction of sp³-hybridized carbons (Fsp3) is 0.562. The second kappa shape index (κ2) is 7.57. The van der Waals surface area contributed by atoms with Crippen molar-refractivity contribution in [2.45, 2.75) is 32.5 Å². The Kier molecular flexibility index (Phi) is 5.74. The quantitative estimate of drug-likeness (QED) is 0.682. The lowest BCUT2D eigenvalue weighted by atomic mass is 10.00. The number of aliphatic imine (C=N–C) groups is 1. The third kappa shape index (κ3) is 6.00. The van der Waals surface area contributed by atoms with E-state index in [1.807, 2.05) is 4.90 Å². The summed E-state index contributed by atoms with van der Waals surface area (Å²) >= 11 is 0. The average molecular weight is 329 g/mol. The molecule has 0 unspecified atom stereocenters. The van der Waals surface area contributed by atoms with Crippen LogP contribution in [0.25, 0.3) is 0 Å². The van der Waals surface area contributed by atoms with Crippen LogP contribution >= 0.6 is 0 Å². The largest absolute Gasteiger partial charge is 0.484 e. The number of rotatable bonds is 4. The normalized spacial score (nSPS) is 17.4. The Morgan fingerprint density at radius 1 is 1.35 bits per heavy atom. The van der Waals surface area contributed by atoms with Crippen LogP contribution in [-0.4, -0.2) is 36.7 Å². The first-order chi connectivity index (χ1) is 10.8. The highest BCUT2D eigenvalue weighted by molar-refractivity contribution is 5.78. The van der Waals surface area contributed by atoms with E-state index in [2.05, 4.69) is 11.9 Å². The molecular weight excluding hydrogens is 307 g/mol. The summed E-state index contributed by atoms with van der Waals surface area (Å²) in [7, 11) is 0. The van der Waals surface area contributed by atoms with Crippen LogP contribution in [0.2, 0.25) is 0 Å². The van der Waals surface area contributed by atoms with Crippen LogP contribution in [0.15, 0.2) is 29.3 Å². The molecule has 23 heavy (non-hydrogen) atoms. The van der Waals surface area contributed by atoms with Crippen LogP contribution in [0.1, 0.15) is 25.3 Å². The van der Waals surface area contributed by atoms with E-state index in [9.17, 15) is 13.2 Å². The number of hydrogen-bond acceptors (Lipinski definition) is 2. The number of guanidine groups is 1. The summed E-state index contributed by atoms with van der Waals surface area (Å²) in [5.74, 6) is 1.38. The number of likely N-dealkylation sites (tertiary alicyclic amines) is 1. The van der Waals surface area contributed by atoms with E-state index >= 15 is 0 Å². The molecule has 1 aliphatic rings. The summed E-state index contributed by atoms with van der Waals surface area (Å²) in [6.07, 6.45) is -2.15. The number of benzene rings is 1. The Hall–Kier alpha value is -1.92. The van der Waals surface area contributed by atoms with Gasteiger partial charge in [-0.05, 0) is 36.5 Å². The third-order valence-corrected chi connectivity index (χ3v) is 3.83. The van der Waals surface area contributed by atoms with Crippen molar-refractivity contribution in [1.82, 2.24) is 4.90 Å². The molecule has 0 radical (unpaired) electrons. The van der Waals surface area contributed by atoms with Gasteiger partial charge in [-0.15, -0.1) is 0 Å². The minimum absolute atomic E-state index is 0.181. The number of piperidine rings is 1. The third-order valence-electron chi connectivity index (χ3n) is 3.83. The van der Waals surface area contributed by atoms with Crippen molar-refractivity contribution in [2.75, 3.05) is 19.7 Å². The van der Waals surface area contributed by atoms with Gasteiger partial charge in [-0.1, -0.05) is 19.1 Å². The van der Waals surface area contributed by atoms with Gasteiger partial charge in [0.15, 0.2) is 12.6 Å². The van der Waals surface area contributed by atoms with Crippen molar-refractivity contribution in [3.8, 4) is 5.75 Å². The van der Waals surface area contributed by atoms with Gasteiger partial charge in [0.1, 0.15) is 5.75 Å². The molecule has 1 saturated heterocycles. The SMILES string of the molecule is CC1CCN(C(N)=NCc2cccc(OCC(F)(F)F)c2)CC1. The van der Waals surface area contributed by atoms with Crippen molar-refractivity contribution in [3.63, 3.8) is 0 Å². The second-order valence-corrected chi connectivity index (χ2v) is 5.90. The molecule has 1 heterocycles. The van der Waals surface area contributed by atoms with Gasteiger partial charge in [0.25, 0.3) is 0 Å². The van der Waals surface area contributed by atoms with Crippen LogP contribution in [0.4, 0.5) is 13.2 Å². The van der Waals surface area contributed by atoms with E-state index in [4.69, 9.17) is 10.5 Å². The van der Waals surface area contributed by atoms with Crippen LogP contribution < -0.4 is 10.5 Å². The van der Waals surface area contributed by atoms with E-state index < -0.39 is 12.8 Å². The van der Waals surface area contributed by atoms with Gasteiger partial charge in [-0.2, -0.15) is 13.2 Å². The van der Waals surface area contributed by atoms with Crippen LogP contribution in [0.5, 0.6) is 5.75 Å². The highest BCUT2D eigenvalue weighted by Gasteiger charge is 2.28. The summed E-state index contributed by atoms with van der Waals surface area (Å²) in [5, 5.41) is 0. The lowest BCUT2D eigenvalue weighted by Crippen LogP contribution is -2.42. The number of nitrogens with two attached hydrogens (primary N) is 1. The van der Waals surface area contributed by atoms with E-state index in [0.717, 1.165) is 31.5 Å². The molecule has 0 atom stereocenters. The molecule has 1 fully saturated rings. The molecule has 1 aliphatic heterocycles. The minimum Gasteiger partial charge on any atom is -0.484 e. The smallest absolute Gasteiger partial charge is 0.422 e. The standard InChI is InChI=1S/C16H22F3N3O/c1-12-5-7-22(8-6-12)15(20)21-10-13-3-2-4-14(9-13)23-11-16(17,18)19/h2-4,9,12H,5-8,10-11H2,1H3,(H2,20,21). The zero-order valence-electron chi connectivity index (χ0n) is 13.1. The van der Waals surface area contributed by atoms with E-state index in [-0.39, 0.29) is 5.75 Å². The molecule has 7 heteroatoms. The van der Waals surface area contributed by atoms with E-state index in [0.29, 0.717) is 18.4 Å². The first-order valence-corrected chi connectivity index (χ1v) is 7.67. The molecule has 0 saturated carbocycles. The molecular formula is C16H22F3N3O. The predicted octanol–water partition coefficient (Wildman–Crippen LogP) is 3.17. The fourth-order valence-corrected chi connectivity index (χ4v) is 2.41. The number of ether oxygens (including phenoxy) is 1. The number of halogens is 3. The van der Waals surface area contributed by atoms with Gasteiger partial charge in [0, 0.05) is 13.1 Å². The maximum absolute atomic E-state index is 12.2. The van der Waals surface area contributed by atoms with E-state index in [1.54, 1.807) is 18.2 Å². The molecule has 2 rings (SSSR count). The van der Waals surface area contributed by atoms with Gasteiger partial charge >= 0.3 is 6.18 Å². The van der Waals surface area contributed by atoms with Crippen LogP contribution in [0, 0.1) is 5.92 Å². The molecule has 0 amide bonds. The Bertz CT molecular complexity index is 538. The number of hydrogen-bond donors (Lipinski definition) is 1. The Morgan fingerprint density at radius 2 is 2.04 bits per heavy atom. The average Bonchev–Trinajstić information content (AvgIpc) is 2.51. The topological polar surface area (TPSA) is 50.8 Å². The molecule has 0 aromatic heterocycles. The lowest BCUT2D eigenvalue weighted by molar-refractivity contribution is -0.153. The maximum atomic E-state index is 12.2. The predicted molar refractivity (Wildman–Crippen MR) is 83.3 cm³/mol. The summed E-state index contributed by atoms with van der Waals surface area (Å²) in [5.41, 5.74) is 6.75. The Labute approximate surface area is 134 Å². The summed E-state index contributed by atoms with van der Waals surface area (Å²) in [4.78, 5) is 6.38. The first-order valence-electron chi connectivity index (χ1n) is 7.67. The highest BCUT2D eigenvalue weighted by atomic mass is 19.4. The minimum atomic E-state index is -4.34. The van der Waals surface area contributed by atoms with Gasteiger partial charge in [0.05, 0.1) is 6.54 Å². The second-order valence-electron chi connectivity index (χ2n) is 5.90. The summed E-state index contributed by atoms with van der Waals surface area (Å²) in [6, 6.07) is 6.49. The van der Waals surface area contributed by atoms with Crippen LogP contribution in [-0.2, 0) is 6.54 Å². The number of nitrogens with zero attached hydrogens (tertiary/aromatic N) is 2. The highest BCUT2D eigenvalue weighted by Crippen LogP contribution is 2.20. The molecule has 2 N–H and O–H groups in total. The van der Waals surface area contributed by atoms with Crippen molar-refractivity contribution in [3.05, 3.63) is 29.8 Å². The Balaban J connectivity index is 1.91. The summed E-state index contributed by atoms with van der Waals surface area (Å²) < 4.78 is 41.2. The van der Waals surface area contributed by atoms with Crippen LogP contribution in [0.3, 0.4) is 0 Å². The Morgan fingerprint density at radius 3 is 2.70 bits per heavy atom. The molecule has 0 aliphatic carbocycles. The van der Waals surface area contributed by atoms with Gasteiger partial charge in [0.2, 0.25) is 0 Å². The molecule has 128 valence electrons. The van der Waals surface area contributed by atoms with Gasteiger partial charge in [-0.25, -0.2) is 4.99 Å². The summed E-state index contributed by atoms with van der Waals surface area (Å²) in [6.45, 7) is 3.03. The van der Waals surface area contributed by atoms with Crippen molar-refractivity contribution >= 4 is 5.96 Å².